The summed E-state index contributed by atoms with van der Waals surface area (Å²) in [4.78, 5) is 4.39. The van der Waals surface area contributed by atoms with Gasteiger partial charge in [0.15, 0.2) is 5.82 Å². The van der Waals surface area contributed by atoms with Crippen LogP contribution >= 0.6 is 12.4 Å². The second-order valence-electron chi connectivity index (χ2n) is 5.94. The molecule has 1 aromatic carbocycles. The summed E-state index contributed by atoms with van der Waals surface area (Å²) < 4.78 is 11.0. The van der Waals surface area contributed by atoms with Gasteiger partial charge in [-0.25, -0.2) is 0 Å². The van der Waals surface area contributed by atoms with Crippen LogP contribution in [0, 0.1) is 13.8 Å². The summed E-state index contributed by atoms with van der Waals surface area (Å²) in [5.41, 5.74) is 8.20. The number of hydrogen-bond acceptors (Lipinski definition) is 5. The maximum Gasteiger partial charge on any atom is 0.230 e. The van der Waals surface area contributed by atoms with E-state index in [1.807, 2.05) is 12.1 Å². The monoisotopic (exact) mass is 323 g/mol. The molecular formula is C16H22ClN3O2. The predicted molar refractivity (Wildman–Crippen MR) is 86.4 cm³/mol. The van der Waals surface area contributed by atoms with Gasteiger partial charge in [-0.1, -0.05) is 11.2 Å². The topological polar surface area (TPSA) is 74.2 Å². The summed E-state index contributed by atoms with van der Waals surface area (Å²) in [5.74, 6) is 2.10. The Morgan fingerprint density at radius 3 is 2.50 bits per heavy atom. The molecule has 2 aromatic rings. The minimum atomic E-state index is -0.365. The van der Waals surface area contributed by atoms with Gasteiger partial charge in [0, 0.05) is 0 Å². The van der Waals surface area contributed by atoms with Gasteiger partial charge < -0.3 is 15.0 Å². The molecule has 1 saturated carbocycles. The lowest BCUT2D eigenvalue weighted by atomic mass is 9.77. The fourth-order valence-corrected chi connectivity index (χ4v) is 2.61. The number of halogens is 1. The first kappa shape index (κ1) is 16.8. The first-order chi connectivity index (χ1) is 10.0. The molecule has 6 heteroatoms. The maximum absolute atomic E-state index is 6.17. The van der Waals surface area contributed by atoms with E-state index in [9.17, 15) is 0 Å². The molecule has 22 heavy (non-hydrogen) atoms. The second kappa shape index (κ2) is 6.67. The van der Waals surface area contributed by atoms with Crippen LogP contribution in [0.2, 0.25) is 0 Å². The highest BCUT2D eigenvalue weighted by Gasteiger charge is 2.38. The van der Waals surface area contributed by atoms with Gasteiger partial charge in [0.1, 0.15) is 5.75 Å². The lowest BCUT2D eigenvalue weighted by Gasteiger charge is -2.34. The summed E-state index contributed by atoms with van der Waals surface area (Å²) >= 11 is 0. The lowest BCUT2D eigenvalue weighted by Crippen LogP contribution is -2.44. The molecule has 1 aliphatic rings. The zero-order valence-corrected chi connectivity index (χ0v) is 13.8. The Balaban J connectivity index is 0.00000176. The van der Waals surface area contributed by atoms with Crippen molar-refractivity contribution in [3.63, 3.8) is 0 Å². The molecular weight excluding hydrogens is 302 g/mol. The van der Waals surface area contributed by atoms with Gasteiger partial charge in [0.25, 0.3) is 0 Å². The summed E-state index contributed by atoms with van der Waals surface area (Å²) in [6.45, 7) is 4.63. The highest BCUT2D eigenvalue weighted by atomic mass is 35.5. The molecule has 2 N–H and O–H groups in total. The average Bonchev–Trinajstić information content (AvgIpc) is 2.84. The van der Waals surface area contributed by atoms with Crippen molar-refractivity contribution in [2.45, 2.75) is 45.1 Å². The van der Waals surface area contributed by atoms with Crippen LogP contribution in [0.5, 0.6) is 5.75 Å². The van der Waals surface area contributed by atoms with Crippen LogP contribution in [-0.2, 0) is 12.0 Å². The van der Waals surface area contributed by atoms with Crippen LogP contribution in [0.3, 0.4) is 0 Å². The third-order valence-corrected chi connectivity index (χ3v) is 3.94. The quantitative estimate of drug-likeness (QED) is 0.915. The number of nitrogens with two attached hydrogens (primary N) is 1. The minimum absolute atomic E-state index is 0. The van der Waals surface area contributed by atoms with E-state index < -0.39 is 0 Å². The zero-order valence-electron chi connectivity index (χ0n) is 13.0. The molecule has 0 bridgehead atoms. The Bertz CT molecular complexity index is 618. The number of ether oxygens (including phenoxy) is 1. The van der Waals surface area contributed by atoms with E-state index in [1.165, 1.54) is 11.1 Å². The van der Waals surface area contributed by atoms with Gasteiger partial charge >= 0.3 is 0 Å². The third-order valence-electron chi connectivity index (χ3n) is 3.94. The van der Waals surface area contributed by atoms with E-state index in [0.29, 0.717) is 24.7 Å². The van der Waals surface area contributed by atoms with Crippen LogP contribution in [0.1, 0.15) is 42.1 Å². The van der Waals surface area contributed by atoms with Crippen molar-refractivity contribution in [3.8, 4) is 5.75 Å². The summed E-state index contributed by atoms with van der Waals surface area (Å²) in [5, 5.41) is 4.00. The van der Waals surface area contributed by atoms with Gasteiger partial charge in [-0.3, -0.25) is 0 Å². The van der Waals surface area contributed by atoms with Crippen molar-refractivity contribution in [3.05, 3.63) is 41.0 Å². The Morgan fingerprint density at radius 1 is 1.23 bits per heavy atom. The first-order valence-electron chi connectivity index (χ1n) is 7.38. The summed E-state index contributed by atoms with van der Waals surface area (Å²) in [6.07, 6.45) is 3.60. The van der Waals surface area contributed by atoms with Crippen molar-refractivity contribution in [2.75, 3.05) is 6.61 Å². The van der Waals surface area contributed by atoms with Gasteiger partial charge in [-0.2, -0.15) is 4.98 Å². The number of aromatic nitrogens is 2. The molecule has 1 aliphatic carbocycles. The predicted octanol–water partition coefficient (Wildman–Crippen LogP) is 3.07. The number of benzene rings is 1. The molecule has 0 atom stereocenters. The van der Waals surface area contributed by atoms with Gasteiger partial charge in [0.2, 0.25) is 5.89 Å². The largest absolute Gasteiger partial charge is 0.493 e. The zero-order chi connectivity index (χ0) is 14.9. The normalized spacial score (nSPS) is 15.8. The van der Waals surface area contributed by atoms with E-state index in [2.05, 4.69) is 30.1 Å². The van der Waals surface area contributed by atoms with Crippen LogP contribution in [0.25, 0.3) is 0 Å². The molecule has 0 saturated heterocycles. The van der Waals surface area contributed by atoms with Crippen molar-refractivity contribution in [2.24, 2.45) is 5.73 Å². The van der Waals surface area contributed by atoms with Crippen LogP contribution < -0.4 is 10.5 Å². The number of rotatable bonds is 5. The van der Waals surface area contributed by atoms with Crippen LogP contribution in [-0.4, -0.2) is 16.7 Å². The van der Waals surface area contributed by atoms with E-state index in [-0.39, 0.29) is 17.9 Å². The second-order valence-corrected chi connectivity index (χ2v) is 5.94. The fraction of sp³-hybridized carbons (Fsp3) is 0.500. The smallest absolute Gasteiger partial charge is 0.230 e. The number of hydrogen-bond donors (Lipinski definition) is 1. The molecule has 120 valence electrons. The number of nitrogens with zero attached hydrogens (tertiary/aromatic N) is 2. The Morgan fingerprint density at radius 2 is 1.91 bits per heavy atom. The van der Waals surface area contributed by atoms with E-state index in [1.54, 1.807) is 0 Å². The molecule has 0 unspecified atom stereocenters. The first-order valence-corrected chi connectivity index (χ1v) is 7.38. The molecule has 1 aromatic heterocycles. The lowest BCUT2D eigenvalue weighted by molar-refractivity contribution is 0.228. The van der Waals surface area contributed by atoms with Crippen LogP contribution in [0.4, 0.5) is 0 Å². The molecule has 0 aliphatic heterocycles. The molecule has 3 rings (SSSR count). The minimum Gasteiger partial charge on any atom is -0.493 e. The fourth-order valence-electron chi connectivity index (χ4n) is 2.61. The Hall–Kier alpha value is -1.59. The molecule has 0 spiro atoms. The maximum atomic E-state index is 6.17. The van der Waals surface area contributed by atoms with Crippen molar-refractivity contribution in [1.29, 1.82) is 0 Å². The third kappa shape index (κ3) is 3.59. The van der Waals surface area contributed by atoms with Gasteiger partial charge in [0.05, 0.1) is 18.6 Å². The number of aryl methyl sites for hydroxylation is 2. The molecule has 5 nitrogen and oxygen atoms in total. The molecule has 1 heterocycles. The summed E-state index contributed by atoms with van der Waals surface area (Å²) in [6, 6.07) is 6.17. The van der Waals surface area contributed by atoms with Crippen LogP contribution in [0.15, 0.2) is 22.7 Å². The highest BCUT2D eigenvalue weighted by molar-refractivity contribution is 5.85. The average molecular weight is 324 g/mol. The van der Waals surface area contributed by atoms with E-state index >= 15 is 0 Å². The molecule has 0 radical (unpaired) electrons. The highest BCUT2D eigenvalue weighted by Crippen LogP contribution is 2.36. The van der Waals surface area contributed by atoms with Gasteiger partial charge in [-0.15, -0.1) is 12.4 Å². The molecule has 0 amide bonds. The molecule has 1 fully saturated rings. The van der Waals surface area contributed by atoms with E-state index in [0.717, 1.165) is 25.0 Å². The Labute approximate surface area is 136 Å². The SMILES string of the molecule is Cc1cc(C)cc(OCCc2nc(C3(N)CCC3)no2)c1.Cl. The van der Waals surface area contributed by atoms with Gasteiger partial charge in [-0.05, 0) is 56.4 Å². The van der Waals surface area contributed by atoms with Crippen molar-refractivity contribution in [1.82, 2.24) is 10.1 Å². The van der Waals surface area contributed by atoms with Crippen molar-refractivity contribution < 1.29 is 9.26 Å². The van der Waals surface area contributed by atoms with E-state index in [4.69, 9.17) is 15.0 Å². The summed E-state index contributed by atoms with van der Waals surface area (Å²) in [7, 11) is 0. The van der Waals surface area contributed by atoms with Crippen molar-refractivity contribution >= 4 is 12.4 Å². The Kier molecular flexibility index (Phi) is 5.08. The standard InChI is InChI=1S/C16H21N3O2.ClH/c1-11-8-12(2)10-13(9-11)20-7-4-14-18-15(19-21-14)16(17)5-3-6-16;/h8-10H,3-7,17H2,1-2H3;1H.